The maximum atomic E-state index is 12.8. The lowest BCUT2D eigenvalue weighted by Crippen LogP contribution is -2.30. The van der Waals surface area contributed by atoms with E-state index >= 15 is 0 Å². The quantitative estimate of drug-likeness (QED) is 0.0263. The van der Waals surface area contributed by atoms with Gasteiger partial charge in [0.1, 0.15) is 13.2 Å². The summed E-state index contributed by atoms with van der Waals surface area (Å²) in [5.74, 6) is -0.961. The highest BCUT2D eigenvalue weighted by molar-refractivity contribution is 5.71. The molecule has 0 rings (SSSR count). The van der Waals surface area contributed by atoms with Crippen LogP contribution in [0.4, 0.5) is 0 Å². The predicted octanol–water partition coefficient (Wildman–Crippen LogP) is 16.5. The number of carbonyl (C=O) groups is 3. The zero-order valence-electron chi connectivity index (χ0n) is 39.5. The third kappa shape index (κ3) is 46.2. The van der Waals surface area contributed by atoms with Crippen LogP contribution < -0.4 is 0 Å². The smallest absolute Gasteiger partial charge is 0.306 e. The van der Waals surface area contributed by atoms with Crippen LogP contribution in [-0.4, -0.2) is 37.2 Å². The molecule has 0 aliphatic carbocycles. The van der Waals surface area contributed by atoms with Gasteiger partial charge >= 0.3 is 17.9 Å². The lowest BCUT2D eigenvalue weighted by Gasteiger charge is -2.18. The minimum Gasteiger partial charge on any atom is -0.462 e. The summed E-state index contributed by atoms with van der Waals surface area (Å²) in [7, 11) is 0. The van der Waals surface area contributed by atoms with Gasteiger partial charge < -0.3 is 14.2 Å². The highest BCUT2D eigenvalue weighted by Crippen LogP contribution is 2.14. The van der Waals surface area contributed by atoms with E-state index in [1.165, 1.54) is 122 Å². The van der Waals surface area contributed by atoms with E-state index in [0.29, 0.717) is 19.3 Å². The van der Waals surface area contributed by atoms with E-state index in [9.17, 15) is 14.4 Å². The van der Waals surface area contributed by atoms with Crippen LogP contribution in [0.1, 0.15) is 245 Å². The number of unbranched alkanes of at least 4 members (excludes halogenated alkanes) is 24. The molecule has 60 heavy (non-hydrogen) atoms. The Hall–Kier alpha value is -2.89. The first-order valence-electron chi connectivity index (χ1n) is 25.3. The molecule has 6 nitrogen and oxygen atoms in total. The predicted molar refractivity (Wildman–Crippen MR) is 256 cm³/mol. The van der Waals surface area contributed by atoms with Gasteiger partial charge in [-0.05, 0) is 83.5 Å². The summed E-state index contributed by atoms with van der Waals surface area (Å²) < 4.78 is 16.7. The normalized spacial score (nSPS) is 12.5. The third-order valence-corrected chi connectivity index (χ3v) is 10.7. The fourth-order valence-corrected chi connectivity index (χ4v) is 6.90. The highest BCUT2D eigenvalue weighted by Gasteiger charge is 2.19. The van der Waals surface area contributed by atoms with Gasteiger partial charge in [0.05, 0.1) is 0 Å². The van der Waals surface area contributed by atoms with Crippen molar-refractivity contribution in [1.82, 2.24) is 0 Å². The van der Waals surface area contributed by atoms with E-state index in [1.54, 1.807) is 0 Å². The first-order chi connectivity index (χ1) is 29.5. The van der Waals surface area contributed by atoms with Crippen LogP contribution in [0.15, 0.2) is 60.8 Å². The second-order valence-corrected chi connectivity index (χ2v) is 16.7. The average molecular weight is 839 g/mol. The van der Waals surface area contributed by atoms with Crippen molar-refractivity contribution in [3.63, 3.8) is 0 Å². The first-order valence-corrected chi connectivity index (χ1v) is 25.3. The van der Waals surface area contributed by atoms with E-state index in [4.69, 9.17) is 14.2 Å². The first kappa shape index (κ1) is 57.1. The van der Waals surface area contributed by atoms with E-state index < -0.39 is 6.10 Å². The Kier molecular flexibility index (Phi) is 46.4. The molecule has 0 aliphatic heterocycles. The molecule has 0 bridgehead atoms. The van der Waals surface area contributed by atoms with E-state index in [2.05, 4.69) is 81.5 Å². The lowest BCUT2D eigenvalue weighted by atomic mass is 10.1. The highest BCUT2D eigenvalue weighted by atomic mass is 16.6. The van der Waals surface area contributed by atoms with Crippen LogP contribution in [0.3, 0.4) is 0 Å². The van der Waals surface area contributed by atoms with Gasteiger partial charge in [-0.3, -0.25) is 14.4 Å². The molecule has 0 radical (unpaired) electrons. The standard InChI is InChI=1S/C54H94O6/c1-4-7-10-13-16-19-21-23-25-27-29-30-32-35-38-41-44-47-53(56)59-50-51(49-58-52(55)46-43-40-37-34-18-15-12-9-6-3)60-54(57)48-45-42-39-36-33-31-28-26-24-22-20-17-14-11-8-5-2/h16,19,23,25-26,28-30,35,38,51H,4-15,17-18,20-22,24,27,31-34,36-37,39-50H2,1-3H3/b19-16-,25-23-,28-26-,30-29-,38-35-/t51-/m1/s1. The Morgan fingerprint density at radius 2 is 0.617 bits per heavy atom. The number of carbonyl (C=O) groups excluding carboxylic acids is 3. The molecule has 0 saturated carbocycles. The van der Waals surface area contributed by atoms with Crippen molar-refractivity contribution in [3.05, 3.63) is 60.8 Å². The van der Waals surface area contributed by atoms with Crippen molar-refractivity contribution < 1.29 is 28.6 Å². The fourth-order valence-electron chi connectivity index (χ4n) is 6.90. The number of allylic oxidation sites excluding steroid dienone is 10. The molecule has 0 aliphatic rings. The number of hydrogen-bond donors (Lipinski definition) is 0. The van der Waals surface area contributed by atoms with Crippen LogP contribution in [-0.2, 0) is 28.6 Å². The average Bonchev–Trinajstić information content (AvgIpc) is 3.24. The maximum absolute atomic E-state index is 12.8. The van der Waals surface area contributed by atoms with Crippen LogP contribution in [0.25, 0.3) is 0 Å². The molecular formula is C54H94O6. The second-order valence-electron chi connectivity index (χ2n) is 16.7. The molecule has 0 saturated heterocycles. The molecule has 346 valence electrons. The Morgan fingerprint density at radius 3 is 1.05 bits per heavy atom. The lowest BCUT2D eigenvalue weighted by molar-refractivity contribution is -0.167. The van der Waals surface area contributed by atoms with E-state index in [-0.39, 0.29) is 37.5 Å². The molecular weight excluding hydrogens is 745 g/mol. The van der Waals surface area contributed by atoms with Gasteiger partial charge in [0, 0.05) is 19.3 Å². The van der Waals surface area contributed by atoms with E-state index in [0.717, 1.165) is 77.0 Å². The van der Waals surface area contributed by atoms with Crippen molar-refractivity contribution in [3.8, 4) is 0 Å². The van der Waals surface area contributed by atoms with Crippen molar-refractivity contribution >= 4 is 17.9 Å². The van der Waals surface area contributed by atoms with Crippen molar-refractivity contribution in [2.45, 2.75) is 252 Å². The van der Waals surface area contributed by atoms with Gasteiger partial charge in [-0.25, -0.2) is 0 Å². The monoisotopic (exact) mass is 839 g/mol. The summed E-state index contributed by atoms with van der Waals surface area (Å²) in [5.41, 5.74) is 0. The SMILES string of the molecule is CCCCC/C=C\C/C=C\C/C=C\C/C=C\CCCC(=O)OC[C@@H](COC(=O)CCCCCCCCCCC)OC(=O)CCCCCCC/C=C\CCCCCCCCC. The number of esters is 3. The van der Waals surface area contributed by atoms with Gasteiger partial charge in [0.15, 0.2) is 6.10 Å². The van der Waals surface area contributed by atoms with E-state index in [1.807, 2.05) is 0 Å². The summed E-state index contributed by atoms with van der Waals surface area (Å²) in [6.45, 7) is 6.53. The topological polar surface area (TPSA) is 78.9 Å². The Bertz CT molecular complexity index is 1100. The Morgan fingerprint density at radius 1 is 0.333 bits per heavy atom. The zero-order valence-corrected chi connectivity index (χ0v) is 39.5. The molecule has 1 atom stereocenters. The van der Waals surface area contributed by atoms with Crippen LogP contribution >= 0.6 is 0 Å². The largest absolute Gasteiger partial charge is 0.462 e. The van der Waals surface area contributed by atoms with Crippen LogP contribution in [0.5, 0.6) is 0 Å². The summed E-state index contributed by atoms with van der Waals surface area (Å²) >= 11 is 0. The molecule has 0 fully saturated rings. The maximum Gasteiger partial charge on any atom is 0.306 e. The third-order valence-electron chi connectivity index (χ3n) is 10.7. The second kappa shape index (κ2) is 48.8. The van der Waals surface area contributed by atoms with Crippen LogP contribution in [0.2, 0.25) is 0 Å². The minimum absolute atomic E-state index is 0.0933. The molecule has 0 amide bonds. The molecule has 0 heterocycles. The Labute approximate surface area is 370 Å². The number of hydrogen-bond acceptors (Lipinski definition) is 6. The van der Waals surface area contributed by atoms with Crippen molar-refractivity contribution in [2.24, 2.45) is 0 Å². The van der Waals surface area contributed by atoms with Crippen molar-refractivity contribution in [1.29, 1.82) is 0 Å². The summed E-state index contributed by atoms with van der Waals surface area (Å²) in [4.78, 5) is 37.8. The molecule has 6 heteroatoms. The van der Waals surface area contributed by atoms with Crippen LogP contribution in [0, 0.1) is 0 Å². The summed E-state index contributed by atoms with van der Waals surface area (Å²) in [5, 5.41) is 0. The number of ether oxygens (including phenoxy) is 3. The molecule has 0 aromatic carbocycles. The molecule has 0 unspecified atom stereocenters. The van der Waals surface area contributed by atoms with Gasteiger partial charge in [-0.2, -0.15) is 0 Å². The van der Waals surface area contributed by atoms with Crippen molar-refractivity contribution in [2.75, 3.05) is 13.2 Å². The Balaban J connectivity index is 4.43. The van der Waals surface area contributed by atoms with Gasteiger partial charge in [-0.15, -0.1) is 0 Å². The number of rotatable bonds is 45. The summed E-state index contributed by atoms with van der Waals surface area (Å²) in [6.07, 6.45) is 59.2. The molecule has 0 aromatic heterocycles. The molecule has 0 aromatic rings. The molecule has 0 N–H and O–H groups in total. The molecule has 0 spiro atoms. The van der Waals surface area contributed by atoms with Gasteiger partial charge in [-0.1, -0.05) is 204 Å². The fraction of sp³-hybridized carbons (Fsp3) is 0.759. The minimum atomic E-state index is -0.796. The van der Waals surface area contributed by atoms with Gasteiger partial charge in [0.25, 0.3) is 0 Å². The summed E-state index contributed by atoms with van der Waals surface area (Å²) in [6, 6.07) is 0. The van der Waals surface area contributed by atoms with Gasteiger partial charge in [0.2, 0.25) is 0 Å². The zero-order chi connectivity index (χ0) is 43.7.